The number of nitrogens with one attached hydrogen (secondary N) is 1. The van der Waals surface area contributed by atoms with E-state index in [1.54, 1.807) is 23.7 Å². The van der Waals surface area contributed by atoms with Crippen LogP contribution < -0.4 is 15.0 Å². The number of carbonyl (C=O) groups excluding carboxylic acids is 2. The summed E-state index contributed by atoms with van der Waals surface area (Å²) in [7, 11) is 0. The molecule has 2 amide bonds. The highest BCUT2D eigenvalue weighted by Gasteiger charge is 2.34. The standard InChI is InChI=1S/C15H15N3O3S/c1-2-11-14(20)18(10-5-3-4-6-12(10)21-11)9-13(19)17-15-16-7-8-22-15/h3-8,11H,2,9H2,1H3,(H,16,17,19). The number of hydrogen-bond donors (Lipinski definition) is 1. The highest BCUT2D eigenvalue weighted by Crippen LogP contribution is 2.34. The van der Waals surface area contributed by atoms with E-state index in [2.05, 4.69) is 10.3 Å². The molecule has 1 atom stereocenters. The van der Waals surface area contributed by atoms with Gasteiger partial charge in [0.05, 0.1) is 5.69 Å². The Morgan fingerprint density at radius 3 is 3.00 bits per heavy atom. The fourth-order valence-corrected chi connectivity index (χ4v) is 2.83. The molecule has 1 aliphatic rings. The maximum atomic E-state index is 12.5. The van der Waals surface area contributed by atoms with Crippen molar-refractivity contribution in [3.05, 3.63) is 35.8 Å². The van der Waals surface area contributed by atoms with Gasteiger partial charge in [-0.1, -0.05) is 19.1 Å². The Balaban J connectivity index is 1.81. The monoisotopic (exact) mass is 317 g/mol. The van der Waals surface area contributed by atoms with Gasteiger partial charge >= 0.3 is 0 Å². The number of anilines is 2. The average Bonchev–Trinajstić information content (AvgIpc) is 3.02. The molecule has 114 valence electrons. The van der Waals surface area contributed by atoms with Crippen molar-refractivity contribution >= 4 is 34.0 Å². The Kier molecular flexibility index (Phi) is 4.06. The molecule has 1 aromatic heterocycles. The van der Waals surface area contributed by atoms with Crippen LogP contribution in [0.15, 0.2) is 35.8 Å². The van der Waals surface area contributed by atoms with Gasteiger partial charge < -0.3 is 10.1 Å². The third kappa shape index (κ3) is 2.80. The van der Waals surface area contributed by atoms with Crippen LogP contribution in [0.3, 0.4) is 0 Å². The van der Waals surface area contributed by atoms with Gasteiger partial charge in [0.15, 0.2) is 11.2 Å². The minimum absolute atomic E-state index is 0.0602. The third-order valence-corrected chi connectivity index (χ3v) is 4.01. The molecule has 0 spiro atoms. The molecule has 0 saturated carbocycles. The summed E-state index contributed by atoms with van der Waals surface area (Å²) in [5, 5.41) is 4.98. The van der Waals surface area contributed by atoms with Gasteiger partial charge in [-0.2, -0.15) is 0 Å². The predicted octanol–water partition coefficient (Wildman–Crippen LogP) is 2.29. The van der Waals surface area contributed by atoms with Crippen molar-refractivity contribution < 1.29 is 14.3 Å². The van der Waals surface area contributed by atoms with E-state index in [4.69, 9.17) is 4.74 Å². The summed E-state index contributed by atoms with van der Waals surface area (Å²) in [6.45, 7) is 1.82. The maximum absolute atomic E-state index is 12.5. The van der Waals surface area contributed by atoms with Gasteiger partial charge in [-0.3, -0.25) is 14.5 Å². The van der Waals surface area contributed by atoms with E-state index >= 15 is 0 Å². The van der Waals surface area contributed by atoms with E-state index in [0.717, 1.165) is 0 Å². The number of fused-ring (bicyclic) bond motifs is 1. The van der Waals surface area contributed by atoms with Crippen molar-refractivity contribution in [2.45, 2.75) is 19.4 Å². The van der Waals surface area contributed by atoms with Crippen molar-refractivity contribution in [1.82, 2.24) is 4.98 Å². The molecule has 0 saturated heterocycles. The number of aromatic nitrogens is 1. The molecular weight excluding hydrogens is 302 g/mol. The Hall–Kier alpha value is -2.41. The number of amides is 2. The molecule has 1 aliphatic heterocycles. The first-order valence-corrected chi connectivity index (χ1v) is 7.83. The second kappa shape index (κ2) is 6.15. The Labute approximate surface area is 131 Å². The molecule has 3 rings (SSSR count). The number of hydrogen-bond acceptors (Lipinski definition) is 5. The highest BCUT2D eigenvalue weighted by atomic mass is 32.1. The topological polar surface area (TPSA) is 71.5 Å². The summed E-state index contributed by atoms with van der Waals surface area (Å²) in [4.78, 5) is 30.1. The number of thiazole rings is 1. The molecular formula is C15H15N3O3S. The summed E-state index contributed by atoms with van der Waals surface area (Å²) in [6.07, 6.45) is 1.61. The van der Waals surface area contributed by atoms with Crippen molar-refractivity contribution in [2.75, 3.05) is 16.8 Å². The number of carbonyl (C=O) groups is 2. The summed E-state index contributed by atoms with van der Waals surface area (Å²) in [6, 6.07) is 7.23. The van der Waals surface area contributed by atoms with Crippen LogP contribution in [0.4, 0.5) is 10.8 Å². The number of nitrogens with zero attached hydrogens (tertiary/aromatic N) is 2. The first-order chi connectivity index (χ1) is 10.7. The third-order valence-electron chi connectivity index (χ3n) is 3.32. The van der Waals surface area contributed by atoms with Gasteiger partial charge in [-0.15, -0.1) is 11.3 Å². The van der Waals surface area contributed by atoms with E-state index in [9.17, 15) is 9.59 Å². The summed E-state index contributed by atoms with van der Waals surface area (Å²) in [5.74, 6) is 0.140. The van der Waals surface area contributed by atoms with Crippen molar-refractivity contribution in [3.8, 4) is 5.75 Å². The highest BCUT2D eigenvalue weighted by molar-refractivity contribution is 7.13. The number of benzene rings is 1. The second-order valence-corrected chi connectivity index (χ2v) is 5.69. The zero-order valence-corrected chi connectivity index (χ0v) is 12.8. The number of para-hydroxylation sites is 2. The van der Waals surface area contributed by atoms with Gasteiger partial charge in [-0.05, 0) is 18.6 Å². The second-order valence-electron chi connectivity index (χ2n) is 4.79. The Bertz CT molecular complexity index is 687. The van der Waals surface area contributed by atoms with E-state index in [-0.39, 0.29) is 18.4 Å². The molecule has 0 bridgehead atoms. The molecule has 1 N–H and O–H groups in total. The maximum Gasteiger partial charge on any atom is 0.268 e. The van der Waals surface area contributed by atoms with Crippen molar-refractivity contribution in [1.29, 1.82) is 0 Å². The van der Waals surface area contributed by atoms with Gasteiger partial charge in [0.1, 0.15) is 12.3 Å². The van der Waals surface area contributed by atoms with E-state index in [1.165, 1.54) is 16.2 Å². The lowest BCUT2D eigenvalue weighted by molar-refractivity contribution is -0.128. The summed E-state index contributed by atoms with van der Waals surface area (Å²) in [5.41, 5.74) is 0.617. The van der Waals surface area contributed by atoms with Gasteiger partial charge in [0, 0.05) is 11.6 Å². The molecule has 0 radical (unpaired) electrons. The summed E-state index contributed by atoms with van der Waals surface area (Å²) < 4.78 is 5.68. The van der Waals surface area contributed by atoms with Crippen molar-refractivity contribution in [3.63, 3.8) is 0 Å². The van der Waals surface area contributed by atoms with Crippen LogP contribution in [0.1, 0.15) is 13.3 Å². The largest absolute Gasteiger partial charge is 0.478 e. The fraction of sp³-hybridized carbons (Fsp3) is 0.267. The van der Waals surface area contributed by atoms with Crippen LogP contribution in [-0.2, 0) is 9.59 Å². The van der Waals surface area contributed by atoms with Crippen LogP contribution in [-0.4, -0.2) is 29.4 Å². The van der Waals surface area contributed by atoms with Crippen LogP contribution in [0.5, 0.6) is 5.75 Å². The van der Waals surface area contributed by atoms with Gasteiger partial charge in [-0.25, -0.2) is 4.98 Å². The predicted molar refractivity (Wildman–Crippen MR) is 84.2 cm³/mol. The Morgan fingerprint density at radius 1 is 1.45 bits per heavy atom. The minimum Gasteiger partial charge on any atom is -0.478 e. The smallest absolute Gasteiger partial charge is 0.268 e. The molecule has 22 heavy (non-hydrogen) atoms. The molecule has 7 heteroatoms. The zero-order chi connectivity index (χ0) is 15.5. The molecule has 2 heterocycles. The average molecular weight is 317 g/mol. The molecule has 2 aromatic rings. The first kappa shape index (κ1) is 14.5. The van der Waals surface area contributed by atoms with E-state index in [0.29, 0.717) is 23.0 Å². The van der Waals surface area contributed by atoms with Crippen LogP contribution >= 0.6 is 11.3 Å². The van der Waals surface area contributed by atoms with Crippen LogP contribution in [0, 0.1) is 0 Å². The lowest BCUT2D eigenvalue weighted by Crippen LogP contribution is -2.48. The van der Waals surface area contributed by atoms with Crippen LogP contribution in [0.25, 0.3) is 0 Å². The molecule has 0 aliphatic carbocycles. The lowest BCUT2D eigenvalue weighted by atomic mass is 10.1. The first-order valence-electron chi connectivity index (χ1n) is 6.95. The molecule has 1 unspecified atom stereocenters. The quantitative estimate of drug-likeness (QED) is 0.939. The zero-order valence-electron chi connectivity index (χ0n) is 12.0. The summed E-state index contributed by atoms with van der Waals surface area (Å²) >= 11 is 1.33. The minimum atomic E-state index is -0.553. The number of ether oxygens (including phenoxy) is 1. The lowest BCUT2D eigenvalue weighted by Gasteiger charge is -2.33. The van der Waals surface area contributed by atoms with Gasteiger partial charge in [0.25, 0.3) is 5.91 Å². The normalized spacial score (nSPS) is 16.9. The van der Waals surface area contributed by atoms with Crippen molar-refractivity contribution in [2.24, 2.45) is 0 Å². The molecule has 0 fully saturated rings. The van der Waals surface area contributed by atoms with Crippen LogP contribution in [0.2, 0.25) is 0 Å². The SMILES string of the molecule is CCC1Oc2ccccc2N(CC(=O)Nc2nccs2)C1=O. The number of rotatable bonds is 4. The fourth-order valence-electron chi connectivity index (χ4n) is 2.28. The van der Waals surface area contributed by atoms with E-state index in [1.807, 2.05) is 19.1 Å². The molecule has 1 aromatic carbocycles. The molecule has 6 nitrogen and oxygen atoms in total. The van der Waals surface area contributed by atoms with Gasteiger partial charge in [0.2, 0.25) is 5.91 Å². The Morgan fingerprint density at radius 2 is 2.27 bits per heavy atom. The van der Waals surface area contributed by atoms with E-state index < -0.39 is 6.10 Å².